The highest BCUT2D eigenvalue weighted by molar-refractivity contribution is 6.03. The van der Waals surface area contributed by atoms with Gasteiger partial charge in [-0.1, -0.05) is 26.8 Å². The van der Waals surface area contributed by atoms with Gasteiger partial charge in [-0.05, 0) is 23.1 Å². The predicted octanol–water partition coefficient (Wildman–Crippen LogP) is 2.45. The molecule has 1 N–H and O–H groups in total. The van der Waals surface area contributed by atoms with Gasteiger partial charge >= 0.3 is 5.91 Å². The van der Waals surface area contributed by atoms with Crippen molar-refractivity contribution in [2.45, 2.75) is 26.2 Å². The Morgan fingerprint density at radius 3 is 2.53 bits per heavy atom. The van der Waals surface area contributed by atoms with Crippen LogP contribution < -0.4 is 10.1 Å². The standard InChI is InChI=1S/C13H16N2O2/c1-13(2,3)9-5-6-11(17-4)10(7-9)15-12(16)8-14/h5-7H,1-4H3,(H,15,16). The number of anilines is 1. The molecule has 1 aromatic rings. The smallest absolute Gasteiger partial charge is 0.326 e. The number of methoxy groups -OCH3 is 1. The van der Waals surface area contributed by atoms with Crippen molar-refractivity contribution in [1.29, 1.82) is 5.26 Å². The topological polar surface area (TPSA) is 62.1 Å². The van der Waals surface area contributed by atoms with Gasteiger partial charge in [-0.3, -0.25) is 4.79 Å². The highest BCUT2D eigenvalue weighted by Crippen LogP contribution is 2.31. The number of benzene rings is 1. The van der Waals surface area contributed by atoms with Gasteiger partial charge in [0.1, 0.15) is 5.75 Å². The van der Waals surface area contributed by atoms with E-state index in [1.54, 1.807) is 6.07 Å². The Morgan fingerprint density at radius 2 is 2.06 bits per heavy atom. The highest BCUT2D eigenvalue weighted by Gasteiger charge is 2.16. The van der Waals surface area contributed by atoms with Gasteiger partial charge in [0, 0.05) is 0 Å². The molecular weight excluding hydrogens is 216 g/mol. The predicted molar refractivity (Wildman–Crippen MR) is 65.9 cm³/mol. The third-order valence-corrected chi connectivity index (χ3v) is 2.42. The molecule has 1 rings (SSSR count). The molecule has 0 aliphatic heterocycles. The van der Waals surface area contributed by atoms with Crippen LogP contribution >= 0.6 is 0 Å². The summed E-state index contributed by atoms with van der Waals surface area (Å²) in [5.41, 5.74) is 1.55. The molecule has 4 nitrogen and oxygen atoms in total. The number of carbonyl (C=O) groups is 1. The van der Waals surface area contributed by atoms with Crippen molar-refractivity contribution in [2.24, 2.45) is 0 Å². The first-order valence-corrected chi connectivity index (χ1v) is 5.28. The number of amides is 1. The Hall–Kier alpha value is -2.02. The van der Waals surface area contributed by atoms with Crippen molar-refractivity contribution in [2.75, 3.05) is 12.4 Å². The molecule has 0 radical (unpaired) electrons. The van der Waals surface area contributed by atoms with E-state index in [0.717, 1.165) is 5.56 Å². The fourth-order valence-electron chi connectivity index (χ4n) is 1.42. The van der Waals surface area contributed by atoms with E-state index in [1.165, 1.54) is 13.2 Å². The molecule has 0 atom stereocenters. The third-order valence-electron chi connectivity index (χ3n) is 2.42. The number of ether oxygens (including phenoxy) is 1. The summed E-state index contributed by atoms with van der Waals surface area (Å²) in [6.07, 6.45) is 0. The first-order chi connectivity index (χ1) is 7.88. The second-order valence-corrected chi connectivity index (χ2v) is 4.73. The molecule has 0 fully saturated rings. The van der Waals surface area contributed by atoms with Gasteiger partial charge in [-0.2, -0.15) is 5.26 Å². The Balaban J connectivity index is 3.16. The summed E-state index contributed by atoms with van der Waals surface area (Å²) in [6, 6.07) is 7.08. The number of nitrogens with zero attached hydrogens (tertiary/aromatic N) is 1. The quantitative estimate of drug-likeness (QED) is 0.797. The number of rotatable bonds is 2. The van der Waals surface area contributed by atoms with E-state index in [9.17, 15) is 4.79 Å². The van der Waals surface area contributed by atoms with E-state index < -0.39 is 5.91 Å². The van der Waals surface area contributed by atoms with E-state index in [2.05, 4.69) is 26.1 Å². The zero-order valence-electron chi connectivity index (χ0n) is 10.5. The molecule has 90 valence electrons. The van der Waals surface area contributed by atoms with Crippen molar-refractivity contribution >= 4 is 11.6 Å². The van der Waals surface area contributed by atoms with Crippen LogP contribution in [0.25, 0.3) is 0 Å². The Bertz CT molecular complexity index is 467. The molecule has 0 saturated carbocycles. The number of carbonyl (C=O) groups excluding carboxylic acids is 1. The molecule has 0 aliphatic rings. The van der Waals surface area contributed by atoms with Crippen LogP contribution in [0.2, 0.25) is 0 Å². The lowest BCUT2D eigenvalue weighted by Crippen LogP contribution is -2.14. The first-order valence-electron chi connectivity index (χ1n) is 5.28. The van der Waals surface area contributed by atoms with Crippen molar-refractivity contribution in [3.05, 3.63) is 23.8 Å². The minimum absolute atomic E-state index is 0.0294. The van der Waals surface area contributed by atoms with Crippen LogP contribution in [-0.2, 0) is 10.2 Å². The Kier molecular flexibility index (Phi) is 3.74. The van der Waals surface area contributed by atoms with Crippen molar-refractivity contribution < 1.29 is 9.53 Å². The fourth-order valence-corrected chi connectivity index (χ4v) is 1.42. The van der Waals surface area contributed by atoms with Gasteiger partial charge in [0.25, 0.3) is 0 Å². The lowest BCUT2D eigenvalue weighted by atomic mass is 9.87. The molecule has 0 spiro atoms. The number of nitriles is 1. The second kappa shape index (κ2) is 4.88. The zero-order chi connectivity index (χ0) is 13.1. The van der Waals surface area contributed by atoms with Crippen LogP contribution in [0.15, 0.2) is 18.2 Å². The van der Waals surface area contributed by atoms with Gasteiger partial charge in [-0.15, -0.1) is 0 Å². The Labute approximate surface area is 101 Å². The number of hydrogen-bond acceptors (Lipinski definition) is 3. The lowest BCUT2D eigenvalue weighted by Gasteiger charge is -2.20. The van der Waals surface area contributed by atoms with Crippen LogP contribution in [0.3, 0.4) is 0 Å². The summed E-state index contributed by atoms with van der Waals surface area (Å²) < 4.78 is 5.13. The minimum Gasteiger partial charge on any atom is -0.495 e. The summed E-state index contributed by atoms with van der Waals surface area (Å²) in [6.45, 7) is 6.22. The average Bonchev–Trinajstić information content (AvgIpc) is 2.27. The van der Waals surface area contributed by atoms with Crippen molar-refractivity contribution in [1.82, 2.24) is 0 Å². The summed E-state index contributed by atoms with van der Waals surface area (Å²) in [5.74, 6) is -0.157. The molecule has 0 unspecified atom stereocenters. The molecule has 0 aliphatic carbocycles. The van der Waals surface area contributed by atoms with Gasteiger partial charge in [-0.25, -0.2) is 0 Å². The molecule has 17 heavy (non-hydrogen) atoms. The molecule has 0 saturated heterocycles. The average molecular weight is 232 g/mol. The molecule has 1 aromatic carbocycles. The van der Waals surface area contributed by atoms with Gasteiger partial charge in [0.2, 0.25) is 0 Å². The first kappa shape index (κ1) is 13.0. The third kappa shape index (κ3) is 3.22. The van der Waals surface area contributed by atoms with Crippen LogP contribution in [0.1, 0.15) is 26.3 Å². The molecule has 1 amide bonds. The summed E-state index contributed by atoms with van der Waals surface area (Å²) in [5, 5.41) is 11.0. The summed E-state index contributed by atoms with van der Waals surface area (Å²) in [4.78, 5) is 11.1. The van der Waals surface area contributed by atoms with E-state index in [1.807, 2.05) is 12.1 Å². The van der Waals surface area contributed by atoms with E-state index >= 15 is 0 Å². The number of hydrogen-bond donors (Lipinski definition) is 1. The normalized spacial score (nSPS) is 10.5. The maximum Gasteiger partial charge on any atom is 0.326 e. The van der Waals surface area contributed by atoms with Crippen LogP contribution in [0.4, 0.5) is 5.69 Å². The van der Waals surface area contributed by atoms with E-state index in [4.69, 9.17) is 10.00 Å². The van der Waals surface area contributed by atoms with Gasteiger partial charge < -0.3 is 10.1 Å². The summed E-state index contributed by atoms with van der Waals surface area (Å²) >= 11 is 0. The Morgan fingerprint density at radius 1 is 1.41 bits per heavy atom. The highest BCUT2D eigenvalue weighted by atomic mass is 16.5. The zero-order valence-corrected chi connectivity index (χ0v) is 10.5. The molecule has 0 bridgehead atoms. The molecule has 4 heteroatoms. The van der Waals surface area contributed by atoms with Crippen molar-refractivity contribution in [3.8, 4) is 11.8 Å². The van der Waals surface area contributed by atoms with E-state index in [-0.39, 0.29) is 5.41 Å². The maximum absolute atomic E-state index is 11.1. The molecular formula is C13H16N2O2. The van der Waals surface area contributed by atoms with Crippen molar-refractivity contribution in [3.63, 3.8) is 0 Å². The van der Waals surface area contributed by atoms with Gasteiger partial charge in [0.15, 0.2) is 6.07 Å². The SMILES string of the molecule is COc1ccc(C(C)(C)C)cc1NC(=O)C#N. The maximum atomic E-state index is 11.1. The fraction of sp³-hybridized carbons (Fsp3) is 0.385. The van der Waals surface area contributed by atoms with Crippen LogP contribution in [-0.4, -0.2) is 13.0 Å². The van der Waals surface area contributed by atoms with Crippen LogP contribution in [0, 0.1) is 11.3 Å². The monoisotopic (exact) mass is 232 g/mol. The molecule has 0 heterocycles. The number of nitrogens with one attached hydrogen (secondary N) is 1. The lowest BCUT2D eigenvalue weighted by molar-refractivity contribution is -0.111. The van der Waals surface area contributed by atoms with E-state index in [0.29, 0.717) is 11.4 Å². The van der Waals surface area contributed by atoms with Gasteiger partial charge in [0.05, 0.1) is 12.8 Å². The summed E-state index contributed by atoms with van der Waals surface area (Å²) in [7, 11) is 1.52. The van der Waals surface area contributed by atoms with Crippen LogP contribution in [0.5, 0.6) is 5.75 Å². The molecule has 0 aromatic heterocycles. The minimum atomic E-state index is -0.700. The largest absolute Gasteiger partial charge is 0.495 e. The second-order valence-electron chi connectivity index (χ2n) is 4.73.